The molecule has 1 atom stereocenters. The molecule has 0 saturated heterocycles. The summed E-state index contributed by atoms with van der Waals surface area (Å²) in [5, 5.41) is 11.9. The topological polar surface area (TPSA) is 49.3 Å². The Hall–Kier alpha value is -2.36. The van der Waals surface area contributed by atoms with Gasteiger partial charge in [0.1, 0.15) is 11.6 Å². The molecule has 3 nitrogen and oxygen atoms in total. The Bertz CT molecular complexity index is 581. The predicted octanol–water partition coefficient (Wildman–Crippen LogP) is 3.02. The molecule has 98 valence electrons. The fourth-order valence-electron chi connectivity index (χ4n) is 1.75. The van der Waals surface area contributed by atoms with Gasteiger partial charge in [-0.3, -0.25) is 4.79 Å². The number of phenols is 1. The number of carbonyl (C=O) groups is 1. The molecule has 2 aromatic rings. The molecule has 2 N–H and O–H groups in total. The van der Waals surface area contributed by atoms with Crippen LogP contribution < -0.4 is 5.32 Å². The summed E-state index contributed by atoms with van der Waals surface area (Å²) >= 11 is 0. The highest BCUT2D eigenvalue weighted by Gasteiger charge is 2.11. The molecule has 0 saturated carbocycles. The van der Waals surface area contributed by atoms with E-state index in [1.807, 2.05) is 0 Å². The molecule has 0 aliphatic heterocycles. The van der Waals surface area contributed by atoms with Crippen LogP contribution in [-0.4, -0.2) is 11.0 Å². The fraction of sp³-hybridized carbons (Fsp3) is 0.133. The lowest BCUT2D eigenvalue weighted by molar-refractivity contribution is 0.0940. The number of nitrogens with one attached hydrogen (secondary N) is 1. The van der Waals surface area contributed by atoms with Crippen molar-refractivity contribution in [2.45, 2.75) is 13.0 Å². The monoisotopic (exact) mass is 259 g/mol. The average molecular weight is 259 g/mol. The number of aromatic hydroxyl groups is 1. The van der Waals surface area contributed by atoms with Gasteiger partial charge in [-0.05, 0) is 48.9 Å². The number of carbonyl (C=O) groups excluding carboxylic acids is 1. The molecule has 1 amide bonds. The molecular formula is C15H14FNO2. The number of amides is 1. The zero-order chi connectivity index (χ0) is 13.8. The van der Waals surface area contributed by atoms with Crippen LogP contribution in [0.1, 0.15) is 28.9 Å². The molecule has 0 spiro atoms. The van der Waals surface area contributed by atoms with E-state index >= 15 is 0 Å². The number of benzene rings is 2. The summed E-state index contributed by atoms with van der Waals surface area (Å²) in [7, 11) is 0. The normalized spacial score (nSPS) is 11.9. The van der Waals surface area contributed by atoms with Crippen molar-refractivity contribution in [2.75, 3.05) is 0 Å². The zero-order valence-corrected chi connectivity index (χ0v) is 10.4. The van der Waals surface area contributed by atoms with E-state index in [0.29, 0.717) is 11.1 Å². The largest absolute Gasteiger partial charge is 0.508 e. The molecule has 0 heterocycles. The third-order valence-corrected chi connectivity index (χ3v) is 2.83. The van der Waals surface area contributed by atoms with Crippen LogP contribution in [0.25, 0.3) is 0 Å². The second-order valence-electron chi connectivity index (χ2n) is 4.30. The summed E-state index contributed by atoms with van der Waals surface area (Å²) in [6.45, 7) is 1.78. The summed E-state index contributed by atoms with van der Waals surface area (Å²) in [5.74, 6) is -0.491. The molecule has 4 heteroatoms. The van der Waals surface area contributed by atoms with Gasteiger partial charge in [0.05, 0.1) is 6.04 Å². The Morgan fingerprint density at radius 2 is 1.89 bits per heavy atom. The highest BCUT2D eigenvalue weighted by Crippen LogP contribution is 2.15. The Morgan fingerprint density at radius 1 is 1.21 bits per heavy atom. The van der Waals surface area contributed by atoms with E-state index in [9.17, 15) is 9.18 Å². The summed E-state index contributed by atoms with van der Waals surface area (Å²) < 4.78 is 13.1. The number of hydrogen-bond acceptors (Lipinski definition) is 2. The van der Waals surface area contributed by atoms with Gasteiger partial charge in [0, 0.05) is 5.56 Å². The van der Waals surface area contributed by atoms with Crippen LogP contribution in [0, 0.1) is 5.82 Å². The van der Waals surface area contributed by atoms with Crippen molar-refractivity contribution in [3.8, 4) is 5.75 Å². The summed E-state index contributed by atoms with van der Waals surface area (Å²) in [6, 6.07) is 11.8. The van der Waals surface area contributed by atoms with Gasteiger partial charge in [0.15, 0.2) is 0 Å². The van der Waals surface area contributed by atoms with Crippen LogP contribution in [0.3, 0.4) is 0 Å². The van der Waals surface area contributed by atoms with Gasteiger partial charge >= 0.3 is 0 Å². The SMILES string of the molecule is CC(NC(=O)c1ccc(O)cc1)c1cccc(F)c1. The number of hydrogen-bond donors (Lipinski definition) is 2. The standard InChI is InChI=1S/C15H14FNO2/c1-10(12-3-2-4-13(16)9-12)17-15(19)11-5-7-14(18)8-6-11/h2-10,18H,1H3,(H,17,19). The van der Waals surface area contributed by atoms with Crippen LogP contribution in [-0.2, 0) is 0 Å². The minimum atomic E-state index is -0.330. The first-order chi connectivity index (χ1) is 9.06. The first-order valence-corrected chi connectivity index (χ1v) is 5.91. The van der Waals surface area contributed by atoms with Crippen LogP contribution in [0.5, 0.6) is 5.75 Å². The molecule has 0 aromatic heterocycles. The third kappa shape index (κ3) is 3.31. The Labute approximate surface area is 110 Å². The number of phenolic OH excluding ortho intramolecular Hbond substituents is 1. The first-order valence-electron chi connectivity index (χ1n) is 5.91. The lowest BCUT2D eigenvalue weighted by Crippen LogP contribution is -2.26. The molecule has 0 bridgehead atoms. The molecular weight excluding hydrogens is 245 g/mol. The van der Waals surface area contributed by atoms with E-state index in [1.165, 1.54) is 36.4 Å². The van der Waals surface area contributed by atoms with Gasteiger partial charge in [-0.2, -0.15) is 0 Å². The Balaban J connectivity index is 2.08. The first kappa shape index (κ1) is 13.1. The highest BCUT2D eigenvalue weighted by atomic mass is 19.1. The van der Waals surface area contributed by atoms with Gasteiger partial charge in [-0.15, -0.1) is 0 Å². The van der Waals surface area contributed by atoms with E-state index in [4.69, 9.17) is 5.11 Å². The molecule has 0 aliphatic carbocycles. The predicted molar refractivity (Wildman–Crippen MR) is 70.4 cm³/mol. The van der Waals surface area contributed by atoms with Gasteiger partial charge in [-0.25, -0.2) is 4.39 Å². The van der Waals surface area contributed by atoms with E-state index in [0.717, 1.165) is 0 Å². The smallest absolute Gasteiger partial charge is 0.251 e. The van der Waals surface area contributed by atoms with Crippen molar-refractivity contribution < 1.29 is 14.3 Å². The minimum Gasteiger partial charge on any atom is -0.508 e. The van der Waals surface area contributed by atoms with E-state index < -0.39 is 0 Å². The molecule has 2 aromatic carbocycles. The van der Waals surface area contributed by atoms with Gasteiger partial charge in [0.25, 0.3) is 5.91 Å². The maximum atomic E-state index is 13.1. The summed E-state index contributed by atoms with van der Waals surface area (Å²) in [5.41, 5.74) is 1.15. The average Bonchev–Trinajstić information content (AvgIpc) is 2.39. The van der Waals surface area contributed by atoms with Crippen molar-refractivity contribution in [3.05, 3.63) is 65.5 Å². The van der Waals surface area contributed by atoms with E-state index in [1.54, 1.807) is 19.1 Å². The summed E-state index contributed by atoms with van der Waals surface area (Å²) in [4.78, 5) is 11.9. The molecule has 19 heavy (non-hydrogen) atoms. The van der Waals surface area contributed by atoms with Crippen LogP contribution in [0.2, 0.25) is 0 Å². The Morgan fingerprint density at radius 3 is 2.53 bits per heavy atom. The molecule has 2 rings (SSSR count). The fourth-order valence-corrected chi connectivity index (χ4v) is 1.75. The number of halogens is 1. The molecule has 0 aliphatic rings. The Kier molecular flexibility index (Phi) is 3.80. The lowest BCUT2D eigenvalue weighted by atomic mass is 10.1. The van der Waals surface area contributed by atoms with Gasteiger partial charge in [-0.1, -0.05) is 12.1 Å². The van der Waals surface area contributed by atoms with Gasteiger partial charge < -0.3 is 10.4 Å². The maximum Gasteiger partial charge on any atom is 0.251 e. The van der Waals surface area contributed by atoms with Crippen LogP contribution >= 0.6 is 0 Å². The van der Waals surface area contributed by atoms with Crippen molar-refractivity contribution in [1.29, 1.82) is 0 Å². The third-order valence-electron chi connectivity index (χ3n) is 2.83. The highest BCUT2D eigenvalue weighted by molar-refractivity contribution is 5.94. The lowest BCUT2D eigenvalue weighted by Gasteiger charge is -2.14. The van der Waals surface area contributed by atoms with Crippen LogP contribution in [0.15, 0.2) is 48.5 Å². The van der Waals surface area contributed by atoms with Crippen molar-refractivity contribution in [1.82, 2.24) is 5.32 Å². The quantitative estimate of drug-likeness (QED) is 0.890. The molecule has 0 fully saturated rings. The molecule has 1 unspecified atom stereocenters. The van der Waals surface area contributed by atoms with Crippen LogP contribution in [0.4, 0.5) is 4.39 Å². The number of rotatable bonds is 3. The second kappa shape index (κ2) is 5.52. The minimum absolute atomic E-state index is 0.106. The van der Waals surface area contributed by atoms with Gasteiger partial charge in [0.2, 0.25) is 0 Å². The van der Waals surface area contributed by atoms with E-state index in [-0.39, 0.29) is 23.5 Å². The second-order valence-corrected chi connectivity index (χ2v) is 4.30. The molecule has 0 radical (unpaired) electrons. The van der Waals surface area contributed by atoms with Crippen molar-refractivity contribution in [3.63, 3.8) is 0 Å². The van der Waals surface area contributed by atoms with Crippen molar-refractivity contribution in [2.24, 2.45) is 0 Å². The zero-order valence-electron chi connectivity index (χ0n) is 10.4. The maximum absolute atomic E-state index is 13.1. The van der Waals surface area contributed by atoms with E-state index in [2.05, 4.69) is 5.32 Å². The van der Waals surface area contributed by atoms with Crippen molar-refractivity contribution >= 4 is 5.91 Å². The summed E-state index contributed by atoms with van der Waals surface area (Å²) in [6.07, 6.45) is 0.